The van der Waals surface area contributed by atoms with Crippen LogP contribution in [0.3, 0.4) is 0 Å². The van der Waals surface area contributed by atoms with Crippen molar-refractivity contribution in [3.63, 3.8) is 0 Å². The molecule has 13 nitrogen and oxygen atoms in total. The SMILES string of the molecule is Cc1cc(N=Nc2c(S(=O)(=O)O)cc3cc(Nc4ccccc4)ccc3c2O)c(O)cc1N=Nc1ccc(S(O)(O)O)cc1. The first-order valence-corrected chi connectivity index (χ1v) is 15.6. The van der Waals surface area contributed by atoms with Crippen molar-refractivity contribution in [1.29, 1.82) is 0 Å². The zero-order chi connectivity index (χ0) is 31.6. The highest BCUT2D eigenvalue weighted by Crippen LogP contribution is 2.45. The lowest BCUT2D eigenvalue weighted by molar-refractivity contribution is 0.376. The van der Waals surface area contributed by atoms with Crippen LogP contribution in [-0.4, -0.2) is 36.8 Å². The number of nitrogens with zero attached hydrogens (tertiary/aromatic N) is 4. The number of phenolic OH excluding ortho intramolecular Hbond substituents is 2. The van der Waals surface area contributed by atoms with Crippen molar-refractivity contribution in [2.75, 3.05) is 5.32 Å². The summed E-state index contributed by atoms with van der Waals surface area (Å²) in [5, 5.41) is 41.2. The Morgan fingerprint density at radius 2 is 1.36 bits per heavy atom. The van der Waals surface area contributed by atoms with Crippen molar-refractivity contribution in [2.45, 2.75) is 16.7 Å². The molecular formula is C29H25N5O8S2. The molecule has 0 heterocycles. The van der Waals surface area contributed by atoms with E-state index in [9.17, 15) is 36.8 Å². The lowest BCUT2D eigenvalue weighted by Gasteiger charge is -2.18. The number of rotatable bonds is 8. The number of anilines is 2. The van der Waals surface area contributed by atoms with E-state index >= 15 is 0 Å². The first kappa shape index (κ1) is 30.6. The number of para-hydroxylation sites is 1. The summed E-state index contributed by atoms with van der Waals surface area (Å²) >= 11 is 0. The Hall–Kier alpha value is -4.90. The predicted molar refractivity (Wildman–Crippen MR) is 167 cm³/mol. The van der Waals surface area contributed by atoms with Gasteiger partial charge in [0.15, 0.2) is 5.75 Å². The second-order valence-corrected chi connectivity index (χ2v) is 12.4. The molecule has 0 aliphatic carbocycles. The zero-order valence-electron chi connectivity index (χ0n) is 22.8. The highest BCUT2D eigenvalue weighted by Gasteiger charge is 2.22. The lowest BCUT2D eigenvalue weighted by atomic mass is 10.1. The maximum Gasteiger partial charge on any atom is 0.296 e. The largest absolute Gasteiger partial charge is 0.506 e. The molecule has 7 N–H and O–H groups in total. The zero-order valence-corrected chi connectivity index (χ0v) is 24.4. The van der Waals surface area contributed by atoms with E-state index in [-0.39, 0.29) is 27.4 Å². The van der Waals surface area contributed by atoms with Gasteiger partial charge in [-0.15, -0.1) is 10.2 Å². The molecule has 0 unspecified atom stereocenters. The van der Waals surface area contributed by atoms with Crippen molar-refractivity contribution >= 4 is 65.9 Å². The van der Waals surface area contributed by atoms with Gasteiger partial charge in [0.25, 0.3) is 10.1 Å². The number of phenols is 2. The van der Waals surface area contributed by atoms with Crippen molar-refractivity contribution in [3.05, 3.63) is 96.6 Å². The van der Waals surface area contributed by atoms with Crippen LogP contribution in [0.2, 0.25) is 0 Å². The maximum atomic E-state index is 12.3. The number of aromatic hydroxyl groups is 2. The number of benzene rings is 5. The van der Waals surface area contributed by atoms with Crippen LogP contribution in [0.1, 0.15) is 5.56 Å². The van der Waals surface area contributed by atoms with Crippen molar-refractivity contribution in [1.82, 2.24) is 0 Å². The molecule has 0 radical (unpaired) electrons. The van der Waals surface area contributed by atoms with Gasteiger partial charge < -0.3 is 29.2 Å². The molecule has 5 rings (SSSR count). The van der Waals surface area contributed by atoms with Gasteiger partial charge in [0, 0.05) is 22.8 Å². The van der Waals surface area contributed by atoms with Gasteiger partial charge in [-0.25, -0.2) is 0 Å². The Bertz CT molecular complexity index is 2030. The molecule has 0 bridgehead atoms. The molecular weight excluding hydrogens is 610 g/mol. The lowest BCUT2D eigenvalue weighted by Crippen LogP contribution is -1.99. The van der Waals surface area contributed by atoms with Crippen molar-refractivity contribution in [3.8, 4) is 11.5 Å². The van der Waals surface area contributed by atoms with E-state index in [4.69, 9.17) is 0 Å². The standard InChI is InChI=1S/C29H25N5O8S2/c1-17-13-25(26(35)16-24(17)32-31-20-7-10-22(11-8-20)43(37,38)39)33-34-28-27(44(40,41)42)15-18-14-21(9-12-23(18)29(28)36)30-19-5-3-2-4-6-19/h2-16,30,35-39H,1H3,(H,40,41,42). The average molecular weight is 636 g/mol. The molecule has 0 aromatic heterocycles. The fraction of sp³-hybridized carbons (Fsp3) is 0.0345. The average Bonchev–Trinajstić information content (AvgIpc) is 2.97. The van der Waals surface area contributed by atoms with Gasteiger partial charge >= 0.3 is 0 Å². The topological polar surface area (TPSA) is 217 Å². The van der Waals surface area contributed by atoms with E-state index in [1.165, 1.54) is 42.5 Å². The van der Waals surface area contributed by atoms with E-state index < -0.39 is 37.3 Å². The Labute approximate surface area is 252 Å². The third kappa shape index (κ3) is 6.84. The molecule has 0 amide bonds. The van der Waals surface area contributed by atoms with Crippen LogP contribution >= 0.6 is 10.9 Å². The molecule has 0 saturated heterocycles. The van der Waals surface area contributed by atoms with Crippen LogP contribution < -0.4 is 5.32 Å². The minimum Gasteiger partial charge on any atom is -0.506 e. The molecule has 0 saturated carbocycles. The molecule has 5 aromatic carbocycles. The predicted octanol–water partition coefficient (Wildman–Crippen LogP) is 8.96. The molecule has 0 fully saturated rings. The van der Waals surface area contributed by atoms with Crippen LogP contribution in [0.5, 0.6) is 11.5 Å². The van der Waals surface area contributed by atoms with Crippen molar-refractivity contribution < 1.29 is 36.8 Å². The second-order valence-electron chi connectivity index (χ2n) is 9.51. The summed E-state index contributed by atoms with van der Waals surface area (Å²) in [6, 6.07) is 23.3. The van der Waals surface area contributed by atoms with Crippen LogP contribution in [0.4, 0.5) is 34.1 Å². The first-order chi connectivity index (χ1) is 20.8. The summed E-state index contributed by atoms with van der Waals surface area (Å²) in [5.74, 6) is -0.927. The van der Waals surface area contributed by atoms with E-state index in [1.807, 2.05) is 30.3 Å². The molecule has 5 aromatic rings. The molecule has 226 valence electrons. The number of hydrogen-bond acceptors (Lipinski definition) is 12. The summed E-state index contributed by atoms with van der Waals surface area (Å²) in [7, 11) is -8.71. The number of azo groups is 2. The van der Waals surface area contributed by atoms with Crippen LogP contribution in [0.25, 0.3) is 10.8 Å². The Kier molecular flexibility index (Phi) is 8.33. The van der Waals surface area contributed by atoms with E-state index in [0.717, 1.165) is 5.69 Å². The normalized spacial score (nSPS) is 12.8. The summed E-state index contributed by atoms with van der Waals surface area (Å²) < 4.78 is 62.4. The van der Waals surface area contributed by atoms with Gasteiger partial charge in [0.05, 0.1) is 16.3 Å². The number of fused-ring (bicyclic) bond motifs is 1. The summed E-state index contributed by atoms with van der Waals surface area (Å²) in [5.41, 5.74) is 1.87. The molecule has 0 aliphatic heterocycles. The first-order valence-electron chi connectivity index (χ1n) is 12.7. The monoisotopic (exact) mass is 635 g/mol. The van der Waals surface area contributed by atoms with Crippen molar-refractivity contribution in [2.24, 2.45) is 20.5 Å². The smallest absolute Gasteiger partial charge is 0.296 e. The Morgan fingerprint density at radius 3 is 2.02 bits per heavy atom. The van der Waals surface area contributed by atoms with E-state index in [1.54, 1.807) is 25.1 Å². The molecule has 15 heteroatoms. The Morgan fingerprint density at radius 1 is 0.682 bits per heavy atom. The highest BCUT2D eigenvalue weighted by atomic mass is 32.3. The highest BCUT2D eigenvalue weighted by molar-refractivity contribution is 8.19. The fourth-order valence-electron chi connectivity index (χ4n) is 4.18. The summed E-state index contributed by atoms with van der Waals surface area (Å²) in [6.45, 7) is 1.65. The number of hydrogen-bond donors (Lipinski definition) is 7. The van der Waals surface area contributed by atoms with E-state index in [2.05, 4.69) is 25.8 Å². The van der Waals surface area contributed by atoms with Gasteiger partial charge in [-0.2, -0.15) is 18.6 Å². The van der Waals surface area contributed by atoms with Gasteiger partial charge in [0.1, 0.15) is 32.9 Å². The number of nitrogens with one attached hydrogen (secondary N) is 1. The van der Waals surface area contributed by atoms with Crippen LogP contribution in [-0.2, 0) is 10.1 Å². The van der Waals surface area contributed by atoms with Gasteiger partial charge in [-0.05, 0) is 84.6 Å². The third-order valence-electron chi connectivity index (χ3n) is 6.37. The van der Waals surface area contributed by atoms with Crippen LogP contribution in [0.15, 0.2) is 121 Å². The summed E-state index contributed by atoms with van der Waals surface area (Å²) in [6.07, 6.45) is 0. The minimum absolute atomic E-state index is 0.0813. The second kappa shape index (κ2) is 12.0. The van der Waals surface area contributed by atoms with Gasteiger partial charge in [-0.1, -0.05) is 18.2 Å². The quantitative estimate of drug-likeness (QED) is 0.0638. The van der Waals surface area contributed by atoms with Gasteiger partial charge in [0.2, 0.25) is 0 Å². The van der Waals surface area contributed by atoms with E-state index in [0.29, 0.717) is 22.3 Å². The minimum atomic E-state index is -4.86. The fourth-order valence-corrected chi connectivity index (χ4v) is 5.34. The molecule has 44 heavy (non-hydrogen) atoms. The van der Waals surface area contributed by atoms with Crippen LogP contribution in [0, 0.1) is 6.92 Å². The molecule has 0 spiro atoms. The molecule has 0 atom stereocenters. The maximum absolute atomic E-state index is 12.3. The number of aryl methyl sites for hydroxylation is 1. The third-order valence-corrected chi connectivity index (χ3v) is 8.14. The Balaban J connectivity index is 1.46. The molecule has 0 aliphatic rings. The van der Waals surface area contributed by atoms with Gasteiger partial charge in [-0.3, -0.25) is 4.55 Å². The summed E-state index contributed by atoms with van der Waals surface area (Å²) in [4.78, 5) is -0.766.